The molecule has 0 bridgehead atoms. The summed E-state index contributed by atoms with van der Waals surface area (Å²) in [6, 6.07) is 8.21. The molecule has 1 aromatic carbocycles. The van der Waals surface area contributed by atoms with Crippen molar-refractivity contribution >= 4 is 21.0 Å². The van der Waals surface area contributed by atoms with Gasteiger partial charge in [0.1, 0.15) is 4.90 Å². The van der Waals surface area contributed by atoms with Gasteiger partial charge in [-0.3, -0.25) is 9.54 Å². The lowest BCUT2D eigenvalue weighted by atomic mass is 10.2. The minimum Gasteiger partial charge on any atom is -0.282 e. The second-order valence-electron chi connectivity index (χ2n) is 3.26. The second kappa shape index (κ2) is 3.29. The monoisotopic (exact) mass is 223 g/mol. The van der Waals surface area contributed by atoms with Crippen LogP contribution in [0.4, 0.5) is 0 Å². The van der Waals surface area contributed by atoms with E-state index in [1.807, 2.05) is 0 Å². The van der Waals surface area contributed by atoms with Crippen molar-refractivity contribution in [1.82, 2.24) is 4.98 Å². The molecule has 0 saturated heterocycles. The quantitative estimate of drug-likeness (QED) is 0.748. The summed E-state index contributed by atoms with van der Waals surface area (Å²) in [5.74, 6) is 0. The van der Waals surface area contributed by atoms with Gasteiger partial charge < -0.3 is 0 Å². The smallest absolute Gasteiger partial charge is 0.282 e. The van der Waals surface area contributed by atoms with Crippen molar-refractivity contribution in [2.24, 2.45) is 0 Å². The Morgan fingerprint density at radius 1 is 1.20 bits per heavy atom. The third-order valence-electron chi connectivity index (χ3n) is 2.10. The van der Waals surface area contributed by atoms with Gasteiger partial charge in [-0.25, -0.2) is 0 Å². The van der Waals surface area contributed by atoms with Crippen LogP contribution in [0.25, 0.3) is 10.9 Å². The van der Waals surface area contributed by atoms with Crippen molar-refractivity contribution in [1.29, 1.82) is 0 Å². The van der Waals surface area contributed by atoms with E-state index in [0.29, 0.717) is 16.6 Å². The summed E-state index contributed by atoms with van der Waals surface area (Å²) in [5.41, 5.74) is 1.01. The van der Waals surface area contributed by atoms with Gasteiger partial charge in [-0.2, -0.15) is 8.42 Å². The number of pyridine rings is 1. The summed E-state index contributed by atoms with van der Waals surface area (Å²) >= 11 is 0. The molecular weight excluding hydrogens is 214 g/mol. The molecule has 1 heterocycles. The van der Waals surface area contributed by atoms with Gasteiger partial charge in [-0.15, -0.1) is 0 Å². The van der Waals surface area contributed by atoms with E-state index in [1.165, 1.54) is 6.07 Å². The molecule has 2 rings (SSSR count). The molecule has 0 spiro atoms. The number of para-hydroxylation sites is 1. The topological polar surface area (TPSA) is 67.3 Å². The highest BCUT2D eigenvalue weighted by Gasteiger charge is 2.14. The predicted octanol–water partition coefficient (Wildman–Crippen LogP) is 1.79. The van der Waals surface area contributed by atoms with Crippen LogP contribution in [0.3, 0.4) is 0 Å². The molecule has 0 radical (unpaired) electrons. The van der Waals surface area contributed by atoms with Crippen LogP contribution >= 0.6 is 0 Å². The number of benzene rings is 1. The first-order valence-corrected chi connectivity index (χ1v) is 5.76. The number of hydrogen-bond acceptors (Lipinski definition) is 3. The van der Waals surface area contributed by atoms with E-state index in [9.17, 15) is 8.42 Å². The van der Waals surface area contributed by atoms with Crippen LogP contribution < -0.4 is 0 Å². The normalized spacial score (nSPS) is 11.9. The average Bonchev–Trinajstić information content (AvgIpc) is 2.15. The lowest BCUT2D eigenvalue weighted by molar-refractivity contribution is 0.484. The van der Waals surface area contributed by atoms with Crippen molar-refractivity contribution in [2.75, 3.05) is 0 Å². The Hall–Kier alpha value is -1.46. The zero-order valence-electron chi connectivity index (χ0n) is 8.01. The van der Waals surface area contributed by atoms with E-state index in [1.54, 1.807) is 31.2 Å². The summed E-state index contributed by atoms with van der Waals surface area (Å²) in [5, 5.41) is 0.690. The molecule has 4 nitrogen and oxygen atoms in total. The number of fused-ring (bicyclic) bond motifs is 1. The molecule has 0 amide bonds. The summed E-state index contributed by atoms with van der Waals surface area (Å²) in [6.45, 7) is 1.76. The van der Waals surface area contributed by atoms with Crippen molar-refractivity contribution in [2.45, 2.75) is 11.8 Å². The van der Waals surface area contributed by atoms with Gasteiger partial charge >= 0.3 is 0 Å². The largest absolute Gasteiger partial charge is 0.296 e. The van der Waals surface area contributed by atoms with E-state index in [4.69, 9.17) is 4.55 Å². The highest BCUT2D eigenvalue weighted by molar-refractivity contribution is 7.86. The summed E-state index contributed by atoms with van der Waals surface area (Å²) in [4.78, 5) is 3.95. The van der Waals surface area contributed by atoms with Crippen LogP contribution in [0.15, 0.2) is 35.2 Å². The van der Waals surface area contributed by atoms with Crippen molar-refractivity contribution in [3.05, 3.63) is 36.0 Å². The van der Waals surface area contributed by atoms with Crippen LogP contribution in [-0.4, -0.2) is 18.0 Å². The molecule has 0 aliphatic heterocycles. The maximum absolute atomic E-state index is 11.1. The third kappa shape index (κ3) is 1.84. The number of rotatable bonds is 1. The number of nitrogens with zero attached hydrogens (tertiary/aromatic N) is 1. The van der Waals surface area contributed by atoms with Crippen LogP contribution in [0.2, 0.25) is 0 Å². The summed E-state index contributed by atoms with van der Waals surface area (Å²) in [6.07, 6.45) is 0. The van der Waals surface area contributed by atoms with E-state index in [0.717, 1.165) is 0 Å². The Balaban J connectivity index is 2.92. The average molecular weight is 223 g/mol. The first-order chi connectivity index (χ1) is 6.98. The molecule has 5 heteroatoms. The Morgan fingerprint density at radius 2 is 1.93 bits per heavy atom. The summed E-state index contributed by atoms with van der Waals surface area (Å²) < 4.78 is 31.2. The number of aryl methyl sites for hydroxylation is 1. The number of hydrogen-bond donors (Lipinski definition) is 1. The van der Waals surface area contributed by atoms with Gasteiger partial charge in [-0.05, 0) is 19.1 Å². The van der Waals surface area contributed by atoms with Crippen molar-refractivity contribution < 1.29 is 13.0 Å². The van der Waals surface area contributed by atoms with Crippen LogP contribution in [0, 0.1) is 6.92 Å². The maximum Gasteiger partial charge on any atom is 0.296 e. The Morgan fingerprint density at radius 3 is 2.60 bits per heavy atom. The molecular formula is C10H9NO3S. The highest BCUT2D eigenvalue weighted by Crippen LogP contribution is 2.20. The molecule has 2 aromatic rings. The van der Waals surface area contributed by atoms with Crippen LogP contribution in [-0.2, 0) is 10.1 Å². The second-order valence-corrected chi connectivity index (χ2v) is 4.65. The standard InChI is InChI=1S/C10H9NO3S/c1-7-5-6-8-3-2-4-9(10(8)11-7)15(12,13)14/h2-6H,1H3,(H,12,13,14). The first kappa shape index (κ1) is 10.1. The van der Waals surface area contributed by atoms with E-state index in [2.05, 4.69) is 4.98 Å². The molecule has 0 aliphatic rings. The number of aromatic nitrogens is 1. The fourth-order valence-electron chi connectivity index (χ4n) is 1.43. The third-order valence-corrected chi connectivity index (χ3v) is 2.99. The molecule has 1 aromatic heterocycles. The highest BCUT2D eigenvalue weighted by atomic mass is 32.2. The lowest BCUT2D eigenvalue weighted by Crippen LogP contribution is -2.00. The van der Waals surface area contributed by atoms with Gasteiger partial charge in [0.2, 0.25) is 0 Å². The van der Waals surface area contributed by atoms with Gasteiger partial charge in [0, 0.05) is 11.1 Å². The Bertz CT molecular complexity index is 620. The van der Waals surface area contributed by atoms with Crippen LogP contribution in [0.5, 0.6) is 0 Å². The first-order valence-electron chi connectivity index (χ1n) is 4.32. The van der Waals surface area contributed by atoms with Crippen molar-refractivity contribution in [3.8, 4) is 0 Å². The van der Waals surface area contributed by atoms with Gasteiger partial charge in [0.25, 0.3) is 10.1 Å². The fraction of sp³-hybridized carbons (Fsp3) is 0.100. The Labute approximate surface area is 87.3 Å². The van der Waals surface area contributed by atoms with Gasteiger partial charge in [0.15, 0.2) is 0 Å². The zero-order valence-corrected chi connectivity index (χ0v) is 8.82. The van der Waals surface area contributed by atoms with E-state index < -0.39 is 10.1 Å². The molecule has 0 unspecified atom stereocenters. The maximum atomic E-state index is 11.1. The lowest BCUT2D eigenvalue weighted by Gasteiger charge is -2.03. The predicted molar refractivity (Wildman–Crippen MR) is 56.3 cm³/mol. The Kier molecular flexibility index (Phi) is 2.21. The molecule has 78 valence electrons. The zero-order chi connectivity index (χ0) is 11.1. The van der Waals surface area contributed by atoms with Gasteiger partial charge in [-0.1, -0.05) is 18.2 Å². The summed E-state index contributed by atoms with van der Waals surface area (Å²) in [7, 11) is -4.21. The van der Waals surface area contributed by atoms with Crippen molar-refractivity contribution in [3.63, 3.8) is 0 Å². The van der Waals surface area contributed by atoms with Gasteiger partial charge in [0.05, 0.1) is 5.52 Å². The fourth-order valence-corrected chi connectivity index (χ4v) is 2.08. The SMILES string of the molecule is Cc1ccc2cccc(S(=O)(=O)O)c2n1. The molecule has 15 heavy (non-hydrogen) atoms. The van der Waals surface area contributed by atoms with E-state index in [-0.39, 0.29) is 4.90 Å². The van der Waals surface area contributed by atoms with E-state index >= 15 is 0 Å². The molecule has 0 fully saturated rings. The molecule has 1 N–H and O–H groups in total. The minimum absolute atomic E-state index is 0.149. The minimum atomic E-state index is -4.21. The molecule has 0 atom stereocenters. The molecule has 0 aliphatic carbocycles. The molecule has 0 saturated carbocycles. The van der Waals surface area contributed by atoms with Crippen LogP contribution in [0.1, 0.15) is 5.69 Å².